The fraction of sp³-hybridized carbons (Fsp3) is 0.500. The van der Waals surface area contributed by atoms with Gasteiger partial charge in [-0.25, -0.2) is 0 Å². The molecule has 2 rings (SSSR count). The molecular formula is C8H11NOS. The normalized spacial score (nSPS) is 28.9. The molecule has 1 aliphatic carbocycles. The first-order valence-corrected chi connectivity index (χ1v) is 4.63. The van der Waals surface area contributed by atoms with Gasteiger partial charge in [0.15, 0.2) is 0 Å². The second-order valence-electron chi connectivity index (χ2n) is 3.01. The molecular weight excluding hydrogens is 158 g/mol. The molecule has 0 amide bonds. The number of aryl methyl sites for hydroxylation is 1. The van der Waals surface area contributed by atoms with Gasteiger partial charge in [0.05, 0.1) is 0 Å². The summed E-state index contributed by atoms with van der Waals surface area (Å²) >= 11 is 1.61. The Hall–Kier alpha value is -0.380. The standard InChI is InChI=1S/C8H11NOS/c9-5-8(10)3-1-6-2-4-11-7(6)8/h2,4,10H,1,3,5,9H2. The summed E-state index contributed by atoms with van der Waals surface area (Å²) in [6.45, 7) is 0.348. The molecule has 60 valence electrons. The number of thiophene rings is 1. The molecule has 1 aromatic rings. The Labute approximate surface area is 69.7 Å². The molecule has 11 heavy (non-hydrogen) atoms. The number of rotatable bonds is 1. The van der Waals surface area contributed by atoms with Crippen molar-refractivity contribution in [3.63, 3.8) is 0 Å². The molecule has 0 radical (unpaired) electrons. The largest absolute Gasteiger partial charge is 0.383 e. The van der Waals surface area contributed by atoms with Crippen molar-refractivity contribution in [3.05, 3.63) is 21.9 Å². The van der Waals surface area contributed by atoms with Gasteiger partial charge >= 0.3 is 0 Å². The fourth-order valence-corrected chi connectivity index (χ4v) is 2.69. The van der Waals surface area contributed by atoms with Crippen molar-refractivity contribution in [2.75, 3.05) is 6.54 Å². The zero-order valence-corrected chi connectivity index (χ0v) is 7.03. The molecule has 0 aliphatic heterocycles. The van der Waals surface area contributed by atoms with Gasteiger partial charge in [-0.3, -0.25) is 0 Å². The summed E-state index contributed by atoms with van der Waals surface area (Å²) in [6.07, 6.45) is 1.78. The van der Waals surface area contributed by atoms with E-state index < -0.39 is 5.60 Å². The summed E-state index contributed by atoms with van der Waals surface area (Å²) in [6, 6.07) is 2.08. The lowest BCUT2D eigenvalue weighted by atomic mass is 10.0. The highest BCUT2D eigenvalue weighted by atomic mass is 32.1. The topological polar surface area (TPSA) is 46.2 Å². The van der Waals surface area contributed by atoms with E-state index in [1.807, 2.05) is 5.38 Å². The van der Waals surface area contributed by atoms with E-state index in [2.05, 4.69) is 6.07 Å². The van der Waals surface area contributed by atoms with Crippen molar-refractivity contribution >= 4 is 11.3 Å². The Morgan fingerprint density at radius 1 is 1.73 bits per heavy atom. The number of aliphatic hydroxyl groups is 1. The highest BCUT2D eigenvalue weighted by Gasteiger charge is 2.36. The maximum atomic E-state index is 9.93. The molecule has 0 saturated heterocycles. The van der Waals surface area contributed by atoms with Crippen LogP contribution in [0.1, 0.15) is 16.9 Å². The van der Waals surface area contributed by atoms with Crippen LogP contribution in [0.5, 0.6) is 0 Å². The molecule has 0 spiro atoms. The third kappa shape index (κ3) is 0.922. The molecule has 1 aliphatic rings. The van der Waals surface area contributed by atoms with Crippen molar-refractivity contribution in [1.29, 1.82) is 0 Å². The summed E-state index contributed by atoms with van der Waals surface area (Å²) in [4.78, 5) is 1.08. The van der Waals surface area contributed by atoms with Gasteiger partial charge in [0, 0.05) is 11.4 Å². The highest BCUT2D eigenvalue weighted by Crippen LogP contribution is 2.39. The molecule has 0 bridgehead atoms. The lowest BCUT2D eigenvalue weighted by Crippen LogP contribution is -2.31. The van der Waals surface area contributed by atoms with Gasteiger partial charge < -0.3 is 10.8 Å². The van der Waals surface area contributed by atoms with Gasteiger partial charge in [0.25, 0.3) is 0 Å². The lowest BCUT2D eigenvalue weighted by Gasteiger charge is -2.19. The van der Waals surface area contributed by atoms with Gasteiger partial charge in [0.2, 0.25) is 0 Å². The first kappa shape index (κ1) is 7.28. The van der Waals surface area contributed by atoms with Gasteiger partial charge in [-0.2, -0.15) is 0 Å². The average Bonchev–Trinajstić information content (AvgIpc) is 2.55. The molecule has 0 fully saturated rings. The molecule has 0 aromatic carbocycles. The third-order valence-electron chi connectivity index (χ3n) is 2.32. The summed E-state index contributed by atoms with van der Waals surface area (Å²) < 4.78 is 0. The van der Waals surface area contributed by atoms with Gasteiger partial charge in [-0.15, -0.1) is 11.3 Å². The Morgan fingerprint density at radius 2 is 2.55 bits per heavy atom. The molecule has 1 heterocycles. The maximum Gasteiger partial charge on any atom is 0.111 e. The van der Waals surface area contributed by atoms with Crippen molar-refractivity contribution in [1.82, 2.24) is 0 Å². The van der Waals surface area contributed by atoms with E-state index in [4.69, 9.17) is 5.73 Å². The van der Waals surface area contributed by atoms with Crippen molar-refractivity contribution in [3.8, 4) is 0 Å². The molecule has 0 saturated carbocycles. The number of hydrogen-bond donors (Lipinski definition) is 2. The van der Waals surface area contributed by atoms with Crippen LogP contribution in [0.15, 0.2) is 11.4 Å². The van der Waals surface area contributed by atoms with E-state index in [1.54, 1.807) is 11.3 Å². The Kier molecular flexibility index (Phi) is 1.52. The average molecular weight is 169 g/mol. The van der Waals surface area contributed by atoms with E-state index in [0.29, 0.717) is 6.54 Å². The molecule has 1 atom stereocenters. The monoisotopic (exact) mass is 169 g/mol. The zero-order chi connectivity index (χ0) is 7.90. The lowest BCUT2D eigenvalue weighted by molar-refractivity contribution is 0.0514. The van der Waals surface area contributed by atoms with Crippen LogP contribution >= 0.6 is 11.3 Å². The molecule has 1 unspecified atom stereocenters. The van der Waals surface area contributed by atoms with Crippen LogP contribution in [0.3, 0.4) is 0 Å². The fourth-order valence-electron chi connectivity index (χ4n) is 1.59. The van der Waals surface area contributed by atoms with Crippen LogP contribution in [-0.2, 0) is 12.0 Å². The number of nitrogens with two attached hydrogens (primary N) is 1. The van der Waals surface area contributed by atoms with Crippen molar-refractivity contribution < 1.29 is 5.11 Å². The minimum Gasteiger partial charge on any atom is -0.383 e. The highest BCUT2D eigenvalue weighted by molar-refractivity contribution is 7.10. The van der Waals surface area contributed by atoms with Crippen LogP contribution in [0.2, 0.25) is 0 Å². The summed E-state index contributed by atoms with van der Waals surface area (Å²) in [7, 11) is 0. The smallest absolute Gasteiger partial charge is 0.111 e. The molecule has 3 heteroatoms. The van der Waals surface area contributed by atoms with E-state index in [1.165, 1.54) is 5.56 Å². The van der Waals surface area contributed by atoms with Crippen LogP contribution in [0.4, 0.5) is 0 Å². The predicted octanol–water partition coefficient (Wildman–Crippen LogP) is 0.841. The van der Waals surface area contributed by atoms with Crippen molar-refractivity contribution in [2.24, 2.45) is 5.73 Å². The summed E-state index contributed by atoms with van der Waals surface area (Å²) in [5.74, 6) is 0. The molecule has 1 aromatic heterocycles. The van der Waals surface area contributed by atoms with E-state index >= 15 is 0 Å². The Bertz CT molecular complexity index is 271. The van der Waals surface area contributed by atoms with Gasteiger partial charge in [-0.05, 0) is 29.9 Å². The zero-order valence-electron chi connectivity index (χ0n) is 6.21. The second kappa shape index (κ2) is 2.30. The summed E-state index contributed by atoms with van der Waals surface area (Å²) in [5, 5.41) is 11.9. The SMILES string of the molecule is NCC1(O)CCc2ccsc21. The maximum absolute atomic E-state index is 9.93. The minimum atomic E-state index is -0.705. The number of fused-ring (bicyclic) bond motifs is 1. The van der Waals surface area contributed by atoms with E-state index in [0.717, 1.165) is 17.7 Å². The molecule has 3 N–H and O–H groups in total. The Morgan fingerprint density at radius 3 is 3.27 bits per heavy atom. The second-order valence-corrected chi connectivity index (χ2v) is 3.93. The minimum absolute atomic E-state index is 0.348. The van der Waals surface area contributed by atoms with E-state index in [9.17, 15) is 5.11 Å². The van der Waals surface area contributed by atoms with Crippen LogP contribution in [0, 0.1) is 0 Å². The van der Waals surface area contributed by atoms with Crippen LogP contribution in [0.25, 0.3) is 0 Å². The van der Waals surface area contributed by atoms with Crippen LogP contribution < -0.4 is 5.73 Å². The predicted molar refractivity (Wildman–Crippen MR) is 45.6 cm³/mol. The number of hydrogen-bond acceptors (Lipinski definition) is 3. The van der Waals surface area contributed by atoms with Crippen LogP contribution in [-0.4, -0.2) is 11.7 Å². The first-order valence-electron chi connectivity index (χ1n) is 3.75. The molecule has 2 nitrogen and oxygen atoms in total. The van der Waals surface area contributed by atoms with Crippen molar-refractivity contribution in [2.45, 2.75) is 18.4 Å². The van der Waals surface area contributed by atoms with Gasteiger partial charge in [0.1, 0.15) is 5.60 Å². The Balaban J connectivity index is 2.45. The quantitative estimate of drug-likeness (QED) is 0.654. The third-order valence-corrected chi connectivity index (χ3v) is 3.47. The van der Waals surface area contributed by atoms with E-state index in [-0.39, 0.29) is 0 Å². The first-order chi connectivity index (χ1) is 5.26. The van der Waals surface area contributed by atoms with Gasteiger partial charge in [-0.1, -0.05) is 0 Å². The summed E-state index contributed by atoms with van der Waals surface area (Å²) in [5.41, 5.74) is 6.07.